The van der Waals surface area contributed by atoms with E-state index >= 15 is 0 Å². The van der Waals surface area contributed by atoms with Crippen molar-refractivity contribution in [1.82, 2.24) is 0 Å². The van der Waals surface area contributed by atoms with Gasteiger partial charge in [0.25, 0.3) is 16.0 Å². The van der Waals surface area contributed by atoms with Crippen molar-refractivity contribution in [2.45, 2.75) is 11.3 Å². The fourth-order valence-electron chi connectivity index (χ4n) is 1.61. The first-order chi connectivity index (χ1) is 9.61. The number of hydrogen-bond donors (Lipinski definition) is 2. The molecule has 0 spiro atoms. The first kappa shape index (κ1) is 16.1. The van der Waals surface area contributed by atoms with Crippen molar-refractivity contribution in [2.24, 2.45) is 5.10 Å². The third-order valence-electron chi connectivity index (χ3n) is 2.53. The van der Waals surface area contributed by atoms with Crippen molar-refractivity contribution >= 4 is 65.3 Å². The van der Waals surface area contributed by atoms with Crippen LogP contribution in [-0.4, -0.2) is 35.7 Å². The number of nitrogens with zero attached hydrogens (tertiary/aromatic N) is 2. The predicted octanol–water partition coefficient (Wildman–Crippen LogP) is 1.64. The lowest BCUT2D eigenvalue weighted by Gasteiger charge is -2.15. The van der Waals surface area contributed by atoms with Crippen LogP contribution in [0.3, 0.4) is 0 Å². The Morgan fingerprint density at radius 1 is 1.29 bits per heavy atom. The van der Waals surface area contributed by atoms with Crippen molar-refractivity contribution in [1.29, 1.82) is 0 Å². The molecule has 0 atom stereocenters. The van der Waals surface area contributed by atoms with Crippen LogP contribution in [0.5, 0.6) is 0 Å². The summed E-state index contributed by atoms with van der Waals surface area (Å²) in [7, 11) is -4.52. The lowest BCUT2D eigenvalue weighted by atomic mass is 10.2. The summed E-state index contributed by atoms with van der Waals surface area (Å²) in [5.41, 5.74) is -0.352. The molecular weight excluding hydrogens is 436 g/mol. The van der Waals surface area contributed by atoms with Crippen LogP contribution in [0, 0.1) is 0 Å². The molecule has 112 valence electrons. The lowest BCUT2D eigenvalue weighted by Crippen LogP contribution is -2.20. The summed E-state index contributed by atoms with van der Waals surface area (Å²) in [4.78, 5) is 22.2. The van der Waals surface area contributed by atoms with Gasteiger partial charge in [0, 0.05) is 8.95 Å². The molecule has 11 heteroatoms. The normalized spacial score (nSPS) is 15.3. The average molecular weight is 442 g/mol. The highest BCUT2D eigenvalue weighted by Crippen LogP contribution is 2.36. The topological polar surface area (TPSA) is 124 Å². The van der Waals surface area contributed by atoms with Crippen molar-refractivity contribution in [3.8, 4) is 0 Å². The molecule has 0 fully saturated rings. The van der Waals surface area contributed by atoms with E-state index in [0.29, 0.717) is 4.47 Å². The predicted molar refractivity (Wildman–Crippen MR) is 78.8 cm³/mol. The molecule has 0 aliphatic carbocycles. The van der Waals surface area contributed by atoms with Crippen molar-refractivity contribution < 1.29 is 27.7 Å². The maximum atomic E-state index is 11.8. The summed E-state index contributed by atoms with van der Waals surface area (Å²) >= 11 is 6.10. The minimum Gasteiger partial charge on any atom is -0.477 e. The monoisotopic (exact) mass is 440 g/mol. The van der Waals surface area contributed by atoms with E-state index in [1.54, 1.807) is 0 Å². The minimum absolute atomic E-state index is 0.00655. The third kappa shape index (κ3) is 3.15. The molecule has 0 saturated heterocycles. The number of amides is 1. The molecule has 0 radical (unpaired) electrons. The van der Waals surface area contributed by atoms with E-state index in [1.807, 2.05) is 0 Å². The van der Waals surface area contributed by atoms with Crippen LogP contribution in [0.25, 0.3) is 0 Å². The number of aliphatic carboxylic acids is 1. The summed E-state index contributed by atoms with van der Waals surface area (Å²) in [6.45, 7) is 0. The Morgan fingerprint density at radius 2 is 1.90 bits per heavy atom. The molecule has 0 unspecified atom stereocenters. The highest BCUT2D eigenvalue weighted by Gasteiger charge is 2.31. The van der Waals surface area contributed by atoms with Crippen LogP contribution in [0.1, 0.15) is 6.42 Å². The Kier molecular flexibility index (Phi) is 4.19. The molecule has 0 bridgehead atoms. The summed E-state index contributed by atoms with van der Waals surface area (Å²) in [5.74, 6) is -1.97. The SMILES string of the molecule is O=C(O)C1=NN(c2cc(S(=O)(=O)O)c(Br)cc2Br)C(=O)C1. The third-order valence-corrected chi connectivity index (χ3v) is 4.98. The van der Waals surface area contributed by atoms with Gasteiger partial charge in [0.2, 0.25) is 0 Å². The van der Waals surface area contributed by atoms with Gasteiger partial charge in [0.05, 0.1) is 12.1 Å². The van der Waals surface area contributed by atoms with Crippen LogP contribution in [0.4, 0.5) is 5.69 Å². The molecule has 8 nitrogen and oxygen atoms in total. The van der Waals surface area contributed by atoms with Crippen LogP contribution >= 0.6 is 31.9 Å². The van der Waals surface area contributed by atoms with E-state index in [4.69, 9.17) is 9.66 Å². The Morgan fingerprint density at radius 3 is 2.38 bits per heavy atom. The molecule has 1 heterocycles. The van der Waals surface area contributed by atoms with Crippen LogP contribution in [0.15, 0.2) is 31.1 Å². The van der Waals surface area contributed by atoms with Gasteiger partial charge in [0.1, 0.15) is 4.90 Å². The second kappa shape index (κ2) is 5.48. The maximum Gasteiger partial charge on any atom is 0.352 e. The van der Waals surface area contributed by atoms with Gasteiger partial charge < -0.3 is 5.11 Å². The highest BCUT2D eigenvalue weighted by molar-refractivity contribution is 9.11. The van der Waals surface area contributed by atoms with E-state index in [0.717, 1.165) is 11.1 Å². The minimum atomic E-state index is -4.52. The van der Waals surface area contributed by atoms with Crippen molar-refractivity contribution in [3.63, 3.8) is 0 Å². The zero-order valence-electron chi connectivity index (χ0n) is 9.95. The van der Waals surface area contributed by atoms with Gasteiger partial charge >= 0.3 is 5.97 Å². The van der Waals surface area contributed by atoms with E-state index in [2.05, 4.69) is 37.0 Å². The smallest absolute Gasteiger partial charge is 0.352 e. The molecule has 1 aromatic carbocycles. The summed E-state index contributed by atoms with van der Waals surface area (Å²) in [5, 5.41) is 13.2. The van der Waals surface area contributed by atoms with Crippen molar-refractivity contribution in [2.75, 3.05) is 5.01 Å². The Hall–Kier alpha value is -1.30. The second-order valence-corrected chi connectivity index (χ2v) is 7.04. The largest absolute Gasteiger partial charge is 0.477 e. The molecular formula is C10H6Br2N2O6S. The zero-order valence-corrected chi connectivity index (χ0v) is 13.9. The Bertz CT molecular complexity index is 789. The van der Waals surface area contributed by atoms with Crippen LogP contribution in [-0.2, 0) is 19.7 Å². The number of benzene rings is 1. The quantitative estimate of drug-likeness (QED) is 0.687. The van der Waals surface area contributed by atoms with Crippen LogP contribution < -0.4 is 5.01 Å². The molecule has 1 amide bonds. The van der Waals surface area contributed by atoms with E-state index in [-0.39, 0.29) is 15.9 Å². The number of anilines is 1. The number of carbonyl (C=O) groups excluding carboxylic acids is 1. The Labute approximate surface area is 135 Å². The number of hydrazone groups is 1. The van der Waals surface area contributed by atoms with Gasteiger partial charge in [-0.25, -0.2) is 4.79 Å². The number of halogens is 2. The lowest BCUT2D eigenvalue weighted by molar-refractivity contribution is -0.129. The average Bonchev–Trinajstić information content (AvgIpc) is 2.70. The molecule has 1 aromatic rings. The standard InChI is InChI=1S/C10H6Br2N2O6S/c11-4-1-5(12)8(21(18,19)20)3-7(4)14-9(15)2-6(13-14)10(16)17/h1,3H,2H2,(H,16,17)(H,18,19,20). The van der Waals surface area contributed by atoms with Gasteiger partial charge in [-0.15, -0.1) is 0 Å². The number of rotatable bonds is 3. The number of carboxylic acid groups (broad SMARTS) is 1. The second-order valence-electron chi connectivity index (χ2n) is 3.94. The fourth-order valence-corrected chi connectivity index (χ4v) is 3.96. The molecule has 1 aliphatic rings. The van der Waals surface area contributed by atoms with Gasteiger partial charge in [-0.1, -0.05) is 0 Å². The number of carbonyl (C=O) groups is 2. The summed E-state index contributed by atoms with van der Waals surface area (Å²) in [6.07, 6.45) is -0.404. The maximum absolute atomic E-state index is 11.8. The van der Waals surface area contributed by atoms with Gasteiger partial charge in [-0.3, -0.25) is 9.35 Å². The molecule has 2 N–H and O–H groups in total. The molecule has 0 saturated carbocycles. The Balaban J connectivity index is 2.60. The van der Waals surface area contributed by atoms with E-state index in [9.17, 15) is 18.0 Å². The summed E-state index contributed by atoms with van der Waals surface area (Å²) in [6, 6.07) is 2.32. The molecule has 0 aromatic heterocycles. The zero-order chi connectivity index (χ0) is 15.9. The van der Waals surface area contributed by atoms with Gasteiger partial charge in [-0.05, 0) is 44.0 Å². The van der Waals surface area contributed by atoms with Crippen molar-refractivity contribution in [3.05, 3.63) is 21.1 Å². The fraction of sp³-hybridized carbons (Fsp3) is 0.100. The first-order valence-electron chi connectivity index (χ1n) is 5.21. The highest BCUT2D eigenvalue weighted by atomic mass is 79.9. The summed E-state index contributed by atoms with van der Waals surface area (Å²) < 4.78 is 32.0. The van der Waals surface area contributed by atoms with Crippen LogP contribution in [0.2, 0.25) is 0 Å². The molecule has 2 rings (SSSR count). The van der Waals surface area contributed by atoms with E-state index in [1.165, 1.54) is 6.07 Å². The number of hydrogen-bond acceptors (Lipinski definition) is 5. The van der Waals surface area contributed by atoms with Gasteiger partial charge in [0.15, 0.2) is 5.71 Å². The number of carboxylic acids is 1. The molecule has 1 aliphatic heterocycles. The van der Waals surface area contributed by atoms with Gasteiger partial charge in [-0.2, -0.15) is 18.5 Å². The van der Waals surface area contributed by atoms with E-state index < -0.39 is 33.3 Å². The first-order valence-corrected chi connectivity index (χ1v) is 8.24. The molecule has 21 heavy (non-hydrogen) atoms.